The zero-order valence-corrected chi connectivity index (χ0v) is 13.0. The molecule has 0 aromatic carbocycles. The van der Waals surface area contributed by atoms with E-state index in [1.54, 1.807) is 7.11 Å². The quantitative estimate of drug-likeness (QED) is 0.649. The van der Waals surface area contributed by atoms with Crippen molar-refractivity contribution in [3.8, 4) is 0 Å². The third-order valence-electron chi connectivity index (χ3n) is 4.50. The van der Waals surface area contributed by atoms with Crippen molar-refractivity contribution in [2.24, 2.45) is 11.3 Å². The fourth-order valence-electron chi connectivity index (χ4n) is 2.72. The molecule has 0 radical (unpaired) electrons. The summed E-state index contributed by atoms with van der Waals surface area (Å²) in [6.45, 7) is 11.2. The summed E-state index contributed by atoms with van der Waals surface area (Å²) in [6.07, 6.45) is 4.05. The van der Waals surface area contributed by atoms with Crippen molar-refractivity contribution in [1.29, 1.82) is 0 Å². The molecule has 18 heavy (non-hydrogen) atoms. The van der Waals surface area contributed by atoms with Crippen molar-refractivity contribution < 1.29 is 4.74 Å². The van der Waals surface area contributed by atoms with Crippen molar-refractivity contribution in [3.05, 3.63) is 0 Å². The molecule has 0 bridgehead atoms. The van der Waals surface area contributed by atoms with E-state index < -0.39 is 0 Å². The number of nitrogens with zero attached hydrogens (tertiary/aromatic N) is 1. The lowest BCUT2D eigenvalue weighted by Gasteiger charge is -2.38. The van der Waals surface area contributed by atoms with E-state index in [2.05, 4.69) is 38.0 Å². The summed E-state index contributed by atoms with van der Waals surface area (Å²) in [5.74, 6) is 0.928. The number of rotatable bonds is 10. The Morgan fingerprint density at radius 1 is 1.44 bits per heavy atom. The Balaban J connectivity index is 2.57. The number of methoxy groups -OCH3 is 1. The zero-order valence-electron chi connectivity index (χ0n) is 13.0. The fraction of sp³-hybridized carbons (Fsp3) is 1.00. The van der Waals surface area contributed by atoms with Gasteiger partial charge in [0.05, 0.1) is 6.61 Å². The molecule has 1 aliphatic carbocycles. The van der Waals surface area contributed by atoms with Gasteiger partial charge in [0, 0.05) is 32.8 Å². The average molecular weight is 256 g/mol. The lowest BCUT2D eigenvalue weighted by Crippen LogP contribution is -2.46. The first-order chi connectivity index (χ1) is 8.56. The molecule has 0 amide bonds. The van der Waals surface area contributed by atoms with Crippen molar-refractivity contribution in [1.82, 2.24) is 10.2 Å². The summed E-state index contributed by atoms with van der Waals surface area (Å²) in [5, 5.41) is 3.35. The van der Waals surface area contributed by atoms with E-state index in [-0.39, 0.29) is 0 Å². The maximum atomic E-state index is 5.27. The summed E-state index contributed by atoms with van der Waals surface area (Å²) < 4.78 is 5.27. The van der Waals surface area contributed by atoms with Gasteiger partial charge in [0.15, 0.2) is 0 Å². The number of hydrogen-bond acceptors (Lipinski definition) is 3. The molecule has 2 atom stereocenters. The van der Waals surface area contributed by atoms with E-state index in [9.17, 15) is 0 Å². The average Bonchev–Trinajstić information content (AvgIpc) is 3.18. The minimum Gasteiger partial charge on any atom is -0.383 e. The number of hydrogen-bond donors (Lipinski definition) is 1. The van der Waals surface area contributed by atoms with Gasteiger partial charge in [-0.25, -0.2) is 0 Å². The Kier molecular flexibility index (Phi) is 6.61. The van der Waals surface area contributed by atoms with Crippen LogP contribution in [0.5, 0.6) is 0 Å². The maximum Gasteiger partial charge on any atom is 0.0589 e. The Morgan fingerprint density at radius 2 is 2.11 bits per heavy atom. The van der Waals surface area contributed by atoms with Crippen LogP contribution >= 0.6 is 0 Å². The lowest BCUT2D eigenvalue weighted by molar-refractivity contribution is 0.0761. The first kappa shape index (κ1) is 15.9. The highest BCUT2D eigenvalue weighted by molar-refractivity contribution is 4.88. The molecular formula is C15H32N2O. The third-order valence-corrected chi connectivity index (χ3v) is 4.50. The minimum atomic E-state index is 0.367. The van der Waals surface area contributed by atoms with Crippen LogP contribution in [0, 0.1) is 11.3 Å². The van der Waals surface area contributed by atoms with E-state index >= 15 is 0 Å². The molecule has 3 nitrogen and oxygen atoms in total. The Morgan fingerprint density at radius 3 is 2.56 bits per heavy atom. The van der Waals surface area contributed by atoms with Crippen molar-refractivity contribution >= 4 is 0 Å². The third kappa shape index (κ3) is 4.87. The van der Waals surface area contributed by atoms with Crippen LogP contribution in [-0.2, 0) is 4.74 Å². The lowest BCUT2D eigenvalue weighted by atomic mass is 9.86. The molecule has 3 heteroatoms. The summed E-state index contributed by atoms with van der Waals surface area (Å²) in [6, 6.07) is 0.711. The molecule has 1 rings (SSSR count). The number of ether oxygens (including phenoxy) is 1. The second-order valence-electron chi connectivity index (χ2n) is 6.24. The van der Waals surface area contributed by atoms with E-state index in [1.807, 2.05) is 0 Å². The van der Waals surface area contributed by atoms with Gasteiger partial charge in [0.1, 0.15) is 0 Å². The fourth-order valence-corrected chi connectivity index (χ4v) is 2.72. The number of nitrogens with one attached hydrogen (secondary N) is 1. The first-order valence-corrected chi connectivity index (χ1v) is 7.44. The van der Waals surface area contributed by atoms with Crippen LogP contribution in [0.25, 0.3) is 0 Å². The normalized spacial score (nSPS) is 21.0. The molecule has 1 N–H and O–H groups in total. The summed E-state index contributed by atoms with van der Waals surface area (Å²) in [4.78, 5) is 2.64. The molecule has 1 fully saturated rings. The van der Waals surface area contributed by atoms with Crippen LogP contribution in [0.4, 0.5) is 0 Å². The predicted octanol–water partition coefficient (Wildman–Crippen LogP) is 2.37. The molecular weight excluding hydrogens is 224 g/mol. The second kappa shape index (κ2) is 7.46. The molecule has 0 heterocycles. The Bertz CT molecular complexity index is 231. The van der Waals surface area contributed by atoms with Crippen LogP contribution in [0.3, 0.4) is 0 Å². The summed E-state index contributed by atoms with van der Waals surface area (Å²) in [7, 11) is 3.85. The van der Waals surface area contributed by atoms with Gasteiger partial charge in [0.25, 0.3) is 0 Å². The van der Waals surface area contributed by atoms with Crippen molar-refractivity contribution in [2.45, 2.75) is 46.1 Å². The smallest absolute Gasteiger partial charge is 0.0589 e. The van der Waals surface area contributed by atoms with Gasteiger partial charge in [-0.3, -0.25) is 4.90 Å². The van der Waals surface area contributed by atoms with Gasteiger partial charge < -0.3 is 10.1 Å². The molecule has 1 saturated carbocycles. The van der Waals surface area contributed by atoms with Gasteiger partial charge in [-0.2, -0.15) is 0 Å². The zero-order chi connectivity index (χ0) is 13.6. The van der Waals surface area contributed by atoms with Crippen molar-refractivity contribution in [3.63, 3.8) is 0 Å². The monoisotopic (exact) mass is 256 g/mol. The van der Waals surface area contributed by atoms with Crippen LogP contribution in [0.1, 0.15) is 40.0 Å². The molecule has 0 aliphatic heterocycles. The van der Waals surface area contributed by atoms with Crippen molar-refractivity contribution in [2.75, 3.05) is 40.4 Å². The first-order valence-electron chi connectivity index (χ1n) is 7.44. The highest BCUT2D eigenvalue weighted by Gasteiger charge is 2.34. The summed E-state index contributed by atoms with van der Waals surface area (Å²) >= 11 is 0. The molecule has 2 unspecified atom stereocenters. The highest BCUT2D eigenvalue weighted by Crippen LogP contribution is 2.36. The van der Waals surface area contributed by atoms with Crippen LogP contribution < -0.4 is 5.32 Å². The highest BCUT2D eigenvalue weighted by atomic mass is 16.5. The van der Waals surface area contributed by atoms with Crippen LogP contribution in [0.15, 0.2) is 0 Å². The molecule has 0 spiro atoms. The largest absolute Gasteiger partial charge is 0.383 e. The molecule has 0 saturated heterocycles. The van der Waals surface area contributed by atoms with E-state index in [1.165, 1.54) is 25.8 Å². The van der Waals surface area contributed by atoms with E-state index in [0.717, 1.165) is 25.6 Å². The second-order valence-corrected chi connectivity index (χ2v) is 6.24. The van der Waals surface area contributed by atoms with Gasteiger partial charge in [-0.15, -0.1) is 0 Å². The Hall–Kier alpha value is -0.120. The SMILES string of the molecule is CCC(C)(CNC)CN(CCOC)C(C)C1CC1. The predicted molar refractivity (Wildman–Crippen MR) is 78.0 cm³/mol. The Labute approximate surface area is 113 Å². The van der Waals surface area contributed by atoms with Gasteiger partial charge in [0.2, 0.25) is 0 Å². The van der Waals surface area contributed by atoms with Crippen LogP contribution in [0.2, 0.25) is 0 Å². The molecule has 0 aromatic heterocycles. The van der Waals surface area contributed by atoms with E-state index in [0.29, 0.717) is 11.5 Å². The van der Waals surface area contributed by atoms with Gasteiger partial charge >= 0.3 is 0 Å². The van der Waals surface area contributed by atoms with Gasteiger partial charge in [-0.05, 0) is 44.6 Å². The molecule has 1 aliphatic rings. The molecule has 108 valence electrons. The standard InChI is InChI=1S/C15H32N2O/c1-6-15(3,11-16-4)12-17(9-10-18-5)13(2)14-7-8-14/h13-14,16H,6-12H2,1-5H3. The van der Waals surface area contributed by atoms with E-state index in [4.69, 9.17) is 4.74 Å². The maximum absolute atomic E-state index is 5.27. The van der Waals surface area contributed by atoms with Crippen LogP contribution in [-0.4, -0.2) is 51.3 Å². The minimum absolute atomic E-state index is 0.367. The summed E-state index contributed by atoms with van der Waals surface area (Å²) in [5.41, 5.74) is 0.367. The topological polar surface area (TPSA) is 24.5 Å². The molecule has 0 aromatic rings. The van der Waals surface area contributed by atoms with Gasteiger partial charge in [-0.1, -0.05) is 13.8 Å².